The maximum atomic E-state index is 13.4. The molecule has 0 bridgehead atoms. The summed E-state index contributed by atoms with van der Waals surface area (Å²) >= 11 is 0. The average molecular weight is 1280 g/mol. The highest BCUT2D eigenvalue weighted by Gasteiger charge is 2.53. The summed E-state index contributed by atoms with van der Waals surface area (Å²) in [5, 5.41) is 121. The number of allylic oxidation sites excluding steroid dienone is 7. The third-order valence-corrected chi connectivity index (χ3v) is 17.8. The SMILES string of the molecule is CCCCCCC/C=C\C/C=C\CCCCCCCCCCCCCCCCCC(=O)NC(COC1OC(CO)C(OC2OC(CO)C(OC3OC(CO)C(O)C(O)C3O)C(O)C2O)C(O)C1O)C(O)/C=C/CC/C=C/CCCCCCCCCCCCCC. The first-order chi connectivity index (χ1) is 43.8. The Morgan fingerprint density at radius 1 is 0.400 bits per heavy atom. The van der Waals surface area contributed by atoms with Gasteiger partial charge in [0.25, 0.3) is 0 Å². The minimum Gasteiger partial charge on any atom is -0.394 e. The second kappa shape index (κ2) is 53.0. The Balaban J connectivity index is 1.42. The van der Waals surface area contributed by atoms with Gasteiger partial charge in [-0.3, -0.25) is 4.79 Å². The van der Waals surface area contributed by atoms with Crippen LogP contribution in [0.25, 0.3) is 0 Å². The van der Waals surface area contributed by atoms with Crippen LogP contribution in [0.4, 0.5) is 0 Å². The number of nitrogens with one attached hydrogen (secondary N) is 1. The van der Waals surface area contributed by atoms with Gasteiger partial charge in [0.15, 0.2) is 18.9 Å². The summed E-state index contributed by atoms with van der Waals surface area (Å²) in [5.41, 5.74) is 0. The number of hydrogen-bond acceptors (Lipinski definition) is 18. The van der Waals surface area contributed by atoms with Crippen LogP contribution in [0.15, 0.2) is 48.6 Å². The van der Waals surface area contributed by atoms with E-state index in [0.29, 0.717) is 12.8 Å². The lowest BCUT2D eigenvalue weighted by Gasteiger charge is -2.48. The number of carbonyl (C=O) groups is 1. The number of ether oxygens (including phenoxy) is 6. The molecule has 17 atom stereocenters. The molecule has 0 aromatic heterocycles. The fraction of sp³-hybridized carbons (Fsp3) is 0.873. The van der Waals surface area contributed by atoms with Gasteiger partial charge < -0.3 is 89.9 Å². The molecule has 17 unspecified atom stereocenters. The standard InChI is InChI=1S/C71H129NO18/c1-3-5-7-9-11-13-15-17-19-21-23-24-25-26-27-28-29-30-31-33-35-37-39-41-43-45-47-49-59(77)72-54(55(76)48-46-44-42-40-38-36-34-32-22-20-18-16-14-12-10-8-6-4-2)53-85-69-65(83)62(80)67(57(51-74)87-69)90-71-66(84)63(81)68(58(52-75)88-71)89-70-64(82)61(79)60(78)56(50-73)86-70/h15,17,21,23,38,40,46,48,54-58,60-71,73-76,78-84H,3-14,16,18-20,22,24-37,39,41-45,47,49-53H2,1-2H3,(H,72,77)/b17-15-,23-21-,40-38+,48-46+. The zero-order valence-electron chi connectivity index (χ0n) is 55.6. The molecule has 0 aliphatic carbocycles. The first-order valence-corrected chi connectivity index (χ1v) is 35.9. The van der Waals surface area contributed by atoms with Crippen molar-refractivity contribution in [3.05, 3.63) is 48.6 Å². The van der Waals surface area contributed by atoms with Crippen molar-refractivity contribution < 1.29 is 89.4 Å². The predicted molar refractivity (Wildman–Crippen MR) is 351 cm³/mol. The molecule has 0 spiro atoms. The molecule has 0 aromatic rings. The van der Waals surface area contributed by atoms with Crippen molar-refractivity contribution in [1.29, 1.82) is 0 Å². The van der Waals surface area contributed by atoms with Crippen molar-refractivity contribution in [2.45, 2.75) is 369 Å². The quantitative estimate of drug-likeness (QED) is 0.0199. The van der Waals surface area contributed by atoms with Crippen molar-refractivity contribution in [3.8, 4) is 0 Å². The Bertz CT molecular complexity index is 1820. The lowest BCUT2D eigenvalue weighted by molar-refractivity contribution is -0.379. The van der Waals surface area contributed by atoms with E-state index >= 15 is 0 Å². The summed E-state index contributed by atoms with van der Waals surface area (Å²) in [4.78, 5) is 13.4. The van der Waals surface area contributed by atoms with E-state index in [9.17, 15) is 61.0 Å². The molecule has 19 heteroatoms. The van der Waals surface area contributed by atoms with Gasteiger partial charge in [-0.2, -0.15) is 0 Å². The first-order valence-electron chi connectivity index (χ1n) is 35.9. The van der Waals surface area contributed by atoms with E-state index in [1.54, 1.807) is 6.08 Å². The van der Waals surface area contributed by atoms with Crippen LogP contribution in [0.1, 0.15) is 264 Å². The lowest BCUT2D eigenvalue weighted by atomic mass is 9.96. The summed E-state index contributed by atoms with van der Waals surface area (Å²) in [7, 11) is 0. The minimum absolute atomic E-state index is 0.236. The molecule has 90 heavy (non-hydrogen) atoms. The molecule has 3 aliphatic heterocycles. The topological polar surface area (TPSA) is 307 Å². The number of unbranched alkanes of at least 4 members (excludes halogenated alkanes) is 33. The fourth-order valence-corrected chi connectivity index (χ4v) is 12.0. The molecule has 19 nitrogen and oxygen atoms in total. The number of carbonyl (C=O) groups excluding carboxylic acids is 1. The van der Waals surface area contributed by atoms with E-state index in [4.69, 9.17) is 28.4 Å². The van der Waals surface area contributed by atoms with Gasteiger partial charge in [-0.15, -0.1) is 0 Å². The number of hydrogen-bond donors (Lipinski definition) is 12. The Labute approximate surface area is 542 Å². The van der Waals surface area contributed by atoms with Crippen molar-refractivity contribution in [1.82, 2.24) is 5.32 Å². The predicted octanol–water partition coefficient (Wildman–Crippen LogP) is 9.78. The molecular weight excluding hydrogens is 1150 g/mol. The monoisotopic (exact) mass is 1280 g/mol. The normalized spacial score (nSPS) is 28.3. The number of aliphatic hydroxyl groups is 11. The van der Waals surface area contributed by atoms with Gasteiger partial charge in [0.2, 0.25) is 5.91 Å². The van der Waals surface area contributed by atoms with Crippen LogP contribution in [0.3, 0.4) is 0 Å². The Hall–Kier alpha value is -2.25. The zero-order chi connectivity index (χ0) is 65.4. The Kier molecular flexibility index (Phi) is 48.2. The highest BCUT2D eigenvalue weighted by atomic mass is 16.8. The van der Waals surface area contributed by atoms with Crippen LogP contribution >= 0.6 is 0 Å². The van der Waals surface area contributed by atoms with Crippen LogP contribution < -0.4 is 5.32 Å². The van der Waals surface area contributed by atoms with Crippen LogP contribution in [0.2, 0.25) is 0 Å². The molecule has 526 valence electrons. The third kappa shape index (κ3) is 34.4. The second-order valence-corrected chi connectivity index (χ2v) is 25.7. The molecule has 3 saturated heterocycles. The molecule has 3 rings (SSSR count). The summed E-state index contributed by atoms with van der Waals surface area (Å²) in [6.07, 6.45) is 36.6. The van der Waals surface area contributed by atoms with Crippen LogP contribution in [-0.4, -0.2) is 193 Å². The fourth-order valence-electron chi connectivity index (χ4n) is 12.0. The summed E-state index contributed by atoms with van der Waals surface area (Å²) in [6, 6.07) is -0.991. The maximum absolute atomic E-state index is 13.4. The third-order valence-electron chi connectivity index (χ3n) is 17.8. The van der Waals surface area contributed by atoms with Crippen molar-refractivity contribution in [3.63, 3.8) is 0 Å². The van der Waals surface area contributed by atoms with Gasteiger partial charge in [0.1, 0.15) is 73.2 Å². The van der Waals surface area contributed by atoms with E-state index in [2.05, 4.69) is 55.6 Å². The van der Waals surface area contributed by atoms with Crippen LogP contribution in [0, 0.1) is 0 Å². The van der Waals surface area contributed by atoms with E-state index in [-0.39, 0.29) is 18.9 Å². The van der Waals surface area contributed by atoms with Gasteiger partial charge in [0.05, 0.1) is 38.6 Å². The number of amides is 1. The molecule has 1 amide bonds. The molecule has 3 fully saturated rings. The average Bonchev–Trinajstić information content (AvgIpc) is 0.866. The maximum Gasteiger partial charge on any atom is 0.220 e. The van der Waals surface area contributed by atoms with Gasteiger partial charge in [0, 0.05) is 6.42 Å². The number of aliphatic hydroxyl groups excluding tert-OH is 11. The van der Waals surface area contributed by atoms with E-state index < -0.39 is 124 Å². The van der Waals surface area contributed by atoms with Gasteiger partial charge in [-0.05, 0) is 64.2 Å². The number of rotatable bonds is 55. The van der Waals surface area contributed by atoms with Crippen molar-refractivity contribution >= 4 is 5.91 Å². The van der Waals surface area contributed by atoms with E-state index in [1.807, 2.05) is 6.08 Å². The smallest absolute Gasteiger partial charge is 0.220 e. The molecule has 12 N–H and O–H groups in total. The van der Waals surface area contributed by atoms with Gasteiger partial charge in [-0.25, -0.2) is 0 Å². The molecule has 0 aromatic carbocycles. The lowest BCUT2D eigenvalue weighted by Crippen LogP contribution is -2.66. The van der Waals surface area contributed by atoms with Crippen LogP contribution in [0.5, 0.6) is 0 Å². The Morgan fingerprint density at radius 2 is 0.744 bits per heavy atom. The molecule has 0 saturated carbocycles. The molecule has 0 radical (unpaired) electrons. The summed E-state index contributed by atoms with van der Waals surface area (Å²) in [5.74, 6) is -0.284. The molecule has 3 heterocycles. The summed E-state index contributed by atoms with van der Waals surface area (Å²) in [6.45, 7) is 1.72. The highest BCUT2D eigenvalue weighted by Crippen LogP contribution is 2.33. The first kappa shape index (κ1) is 82.0. The van der Waals surface area contributed by atoms with Crippen molar-refractivity contribution in [2.75, 3.05) is 26.4 Å². The second-order valence-electron chi connectivity index (χ2n) is 25.7. The van der Waals surface area contributed by atoms with Crippen molar-refractivity contribution in [2.24, 2.45) is 0 Å². The Morgan fingerprint density at radius 3 is 1.18 bits per heavy atom. The summed E-state index contributed by atoms with van der Waals surface area (Å²) < 4.78 is 34.3. The zero-order valence-corrected chi connectivity index (χ0v) is 55.6. The molecule has 3 aliphatic rings. The molecular formula is C71H129NO18. The van der Waals surface area contributed by atoms with Gasteiger partial charge in [-0.1, -0.05) is 242 Å². The van der Waals surface area contributed by atoms with E-state index in [0.717, 1.165) is 44.9 Å². The largest absolute Gasteiger partial charge is 0.394 e. The highest BCUT2D eigenvalue weighted by molar-refractivity contribution is 5.76. The van der Waals surface area contributed by atoms with Crippen LogP contribution in [-0.2, 0) is 33.2 Å². The van der Waals surface area contributed by atoms with Gasteiger partial charge >= 0.3 is 0 Å². The van der Waals surface area contributed by atoms with E-state index in [1.165, 1.54) is 186 Å². The minimum atomic E-state index is -1.98.